The van der Waals surface area contributed by atoms with Gasteiger partial charge >= 0.3 is 0 Å². The Morgan fingerprint density at radius 2 is 2.07 bits per heavy atom. The summed E-state index contributed by atoms with van der Waals surface area (Å²) in [7, 11) is 4.27. The van der Waals surface area contributed by atoms with E-state index in [-0.39, 0.29) is 17.8 Å². The molecule has 160 valence electrons. The van der Waals surface area contributed by atoms with Gasteiger partial charge in [0.1, 0.15) is 0 Å². The maximum absolute atomic E-state index is 12.3. The summed E-state index contributed by atoms with van der Waals surface area (Å²) in [6, 6.07) is 0. The second kappa shape index (κ2) is 11.9. The van der Waals surface area contributed by atoms with E-state index in [1.807, 2.05) is 6.08 Å². The van der Waals surface area contributed by atoms with Crippen molar-refractivity contribution in [3.8, 4) is 0 Å². The summed E-state index contributed by atoms with van der Waals surface area (Å²) in [5, 5.41) is 10.5. The van der Waals surface area contributed by atoms with E-state index in [1.54, 1.807) is 11.6 Å². The Bertz CT molecular complexity index is 537. The van der Waals surface area contributed by atoms with Crippen LogP contribution in [0.25, 0.3) is 0 Å². The molecule has 2 aliphatic rings. The van der Waals surface area contributed by atoms with Gasteiger partial charge < -0.3 is 10.0 Å². The molecule has 0 aromatic heterocycles. The average molecular weight is 390 g/mol. The van der Waals surface area contributed by atoms with Crippen LogP contribution in [0.15, 0.2) is 23.8 Å². The van der Waals surface area contributed by atoms with Crippen molar-refractivity contribution in [2.75, 3.05) is 20.6 Å². The smallest absolute Gasteiger partial charge is 0.155 e. The van der Waals surface area contributed by atoms with Crippen molar-refractivity contribution in [2.45, 2.75) is 84.2 Å². The van der Waals surface area contributed by atoms with Gasteiger partial charge in [0.25, 0.3) is 0 Å². The van der Waals surface area contributed by atoms with Crippen LogP contribution in [0.3, 0.4) is 0 Å². The highest BCUT2D eigenvalue weighted by atomic mass is 16.3. The normalized spacial score (nSPS) is 28.1. The molecule has 0 radical (unpaired) electrons. The maximum Gasteiger partial charge on any atom is 0.155 e. The SMILES string of the molecule is CCCC[C@@H](C)CC(=O)C=C[C@@H]1[C@H]2CC(CCCCCN(C)C)=C[C@H]2C[C@H]1O. The highest BCUT2D eigenvalue weighted by Gasteiger charge is 2.43. The van der Waals surface area contributed by atoms with Crippen LogP contribution in [0.1, 0.15) is 78.1 Å². The molecule has 0 aromatic carbocycles. The lowest BCUT2D eigenvalue weighted by Gasteiger charge is -2.18. The summed E-state index contributed by atoms with van der Waals surface area (Å²) in [6.07, 6.45) is 17.2. The van der Waals surface area contributed by atoms with Crippen LogP contribution in [0.4, 0.5) is 0 Å². The molecule has 0 heterocycles. The number of rotatable bonds is 13. The molecule has 0 aliphatic heterocycles. The number of hydrogen-bond acceptors (Lipinski definition) is 3. The molecular weight excluding hydrogens is 346 g/mol. The molecule has 0 spiro atoms. The lowest BCUT2D eigenvalue weighted by molar-refractivity contribution is -0.115. The van der Waals surface area contributed by atoms with Crippen molar-refractivity contribution in [1.29, 1.82) is 0 Å². The van der Waals surface area contributed by atoms with Gasteiger partial charge in [-0.05, 0) is 76.6 Å². The highest BCUT2D eigenvalue weighted by molar-refractivity contribution is 5.89. The first-order chi connectivity index (χ1) is 13.4. The quantitative estimate of drug-likeness (QED) is 0.261. The number of ketones is 1. The molecule has 2 aliphatic carbocycles. The fourth-order valence-corrected chi connectivity index (χ4v) is 5.03. The second-order valence-electron chi connectivity index (χ2n) is 9.63. The highest BCUT2D eigenvalue weighted by Crippen LogP contribution is 2.48. The molecular formula is C25H43NO2. The molecule has 0 unspecified atom stereocenters. The van der Waals surface area contributed by atoms with Crippen molar-refractivity contribution < 1.29 is 9.90 Å². The van der Waals surface area contributed by atoms with Crippen LogP contribution in [0.5, 0.6) is 0 Å². The van der Waals surface area contributed by atoms with Crippen LogP contribution in [0.2, 0.25) is 0 Å². The van der Waals surface area contributed by atoms with E-state index in [9.17, 15) is 9.90 Å². The van der Waals surface area contributed by atoms with Gasteiger partial charge in [-0.25, -0.2) is 0 Å². The molecule has 1 saturated carbocycles. The van der Waals surface area contributed by atoms with E-state index in [4.69, 9.17) is 0 Å². The predicted octanol–water partition coefficient (Wildman–Crippen LogP) is 5.39. The molecule has 2 rings (SSSR count). The number of hydrogen-bond donors (Lipinski definition) is 1. The van der Waals surface area contributed by atoms with Gasteiger partial charge in [0.05, 0.1) is 6.10 Å². The van der Waals surface area contributed by atoms with Gasteiger partial charge in [-0.2, -0.15) is 0 Å². The number of aliphatic hydroxyl groups is 1. The summed E-state index contributed by atoms with van der Waals surface area (Å²) in [4.78, 5) is 14.6. The lowest BCUT2D eigenvalue weighted by atomic mass is 9.88. The van der Waals surface area contributed by atoms with E-state index in [0.717, 1.165) is 19.3 Å². The van der Waals surface area contributed by atoms with Crippen LogP contribution in [-0.2, 0) is 4.79 Å². The van der Waals surface area contributed by atoms with E-state index in [1.165, 1.54) is 45.1 Å². The van der Waals surface area contributed by atoms with E-state index in [0.29, 0.717) is 24.2 Å². The van der Waals surface area contributed by atoms with Crippen LogP contribution in [0, 0.1) is 23.7 Å². The molecule has 0 saturated heterocycles. The van der Waals surface area contributed by atoms with Gasteiger partial charge in [0, 0.05) is 12.3 Å². The van der Waals surface area contributed by atoms with Crippen LogP contribution >= 0.6 is 0 Å². The standard InChI is InChI=1S/C25H43NO2/c1-5-6-10-19(2)15-22(27)12-13-23-24-17-20(16-21(24)18-25(23)28)11-8-7-9-14-26(3)4/h12-13,16,19,21,23-25,28H,5-11,14-15,17-18H2,1-4H3/t19-,21+,23-,24+,25-/m1/s1. The molecule has 0 amide bonds. The minimum Gasteiger partial charge on any atom is -0.392 e. The topological polar surface area (TPSA) is 40.5 Å². The number of nitrogens with zero attached hydrogens (tertiary/aromatic N) is 1. The molecule has 1 N–H and O–H groups in total. The van der Waals surface area contributed by atoms with Crippen molar-refractivity contribution in [2.24, 2.45) is 23.7 Å². The van der Waals surface area contributed by atoms with E-state index < -0.39 is 0 Å². The molecule has 3 heteroatoms. The summed E-state index contributed by atoms with van der Waals surface area (Å²) in [5.74, 6) is 1.87. The predicted molar refractivity (Wildman–Crippen MR) is 118 cm³/mol. The van der Waals surface area contributed by atoms with Crippen LogP contribution in [-0.4, -0.2) is 42.5 Å². The Balaban J connectivity index is 1.76. The minimum absolute atomic E-state index is 0.155. The molecule has 0 bridgehead atoms. The Morgan fingerprint density at radius 3 is 2.79 bits per heavy atom. The Morgan fingerprint density at radius 1 is 1.29 bits per heavy atom. The zero-order valence-electron chi connectivity index (χ0n) is 18.7. The number of unbranched alkanes of at least 4 members (excludes halogenated alkanes) is 3. The lowest BCUT2D eigenvalue weighted by Crippen LogP contribution is -2.17. The van der Waals surface area contributed by atoms with Crippen molar-refractivity contribution in [1.82, 2.24) is 4.90 Å². The fraction of sp³-hybridized carbons (Fsp3) is 0.800. The van der Waals surface area contributed by atoms with Crippen molar-refractivity contribution in [3.63, 3.8) is 0 Å². The molecule has 3 nitrogen and oxygen atoms in total. The Labute approximate surface area is 173 Å². The third kappa shape index (κ3) is 7.48. The number of carbonyl (C=O) groups is 1. The van der Waals surface area contributed by atoms with Crippen LogP contribution < -0.4 is 0 Å². The van der Waals surface area contributed by atoms with Crippen molar-refractivity contribution >= 4 is 5.78 Å². The number of fused-ring (bicyclic) bond motifs is 1. The summed E-state index contributed by atoms with van der Waals surface area (Å²) >= 11 is 0. The fourth-order valence-electron chi connectivity index (χ4n) is 5.03. The van der Waals surface area contributed by atoms with Gasteiger partial charge in [-0.3, -0.25) is 4.79 Å². The molecule has 1 fully saturated rings. The summed E-state index contributed by atoms with van der Waals surface area (Å²) in [6.45, 7) is 5.54. The largest absolute Gasteiger partial charge is 0.392 e. The maximum atomic E-state index is 12.3. The first-order valence-electron chi connectivity index (χ1n) is 11.6. The minimum atomic E-state index is -0.283. The first kappa shape index (κ1) is 23.3. The third-order valence-electron chi connectivity index (χ3n) is 6.66. The Hall–Kier alpha value is -0.930. The van der Waals surface area contributed by atoms with E-state index in [2.05, 4.69) is 38.9 Å². The second-order valence-corrected chi connectivity index (χ2v) is 9.63. The average Bonchev–Trinajstić information content (AvgIpc) is 3.14. The van der Waals surface area contributed by atoms with Gasteiger partial charge in [-0.15, -0.1) is 0 Å². The number of aliphatic hydroxyl groups excluding tert-OH is 1. The zero-order valence-corrected chi connectivity index (χ0v) is 18.7. The number of allylic oxidation sites excluding steroid dienone is 3. The van der Waals surface area contributed by atoms with Gasteiger partial charge in [0.2, 0.25) is 0 Å². The molecule has 0 aromatic rings. The molecule has 5 atom stereocenters. The molecule has 28 heavy (non-hydrogen) atoms. The summed E-state index contributed by atoms with van der Waals surface area (Å²) in [5.41, 5.74) is 1.59. The van der Waals surface area contributed by atoms with Crippen molar-refractivity contribution in [3.05, 3.63) is 23.8 Å². The van der Waals surface area contributed by atoms with Gasteiger partial charge in [-0.1, -0.05) is 57.3 Å². The zero-order chi connectivity index (χ0) is 20.5. The number of carbonyl (C=O) groups excluding carboxylic acids is 1. The van der Waals surface area contributed by atoms with E-state index >= 15 is 0 Å². The Kier molecular flexibility index (Phi) is 9.94. The monoisotopic (exact) mass is 389 g/mol. The first-order valence-corrected chi connectivity index (χ1v) is 11.6. The van der Waals surface area contributed by atoms with Gasteiger partial charge in [0.15, 0.2) is 5.78 Å². The summed E-state index contributed by atoms with van der Waals surface area (Å²) < 4.78 is 0. The third-order valence-corrected chi connectivity index (χ3v) is 6.66.